The molecule has 1 fully saturated rings. The fourth-order valence-corrected chi connectivity index (χ4v) is 3.85. The van der Waals surface area contributed by atoms with Crippen LogP contribution in [0.4, 0.5) is 10.1 Å². The Hall–Kier alpha value is -2.98. The van der Waals surface area contributed by atoms with E-state index in [1.807, 2.05) is 0 Å². The van der Waals surface area contributed by atoms with E-state index in [1.165, 1.54) is 49.6 Å². The molecule has 10 heteroatoms. The minimum Gasteiger partial charge on any atom is -0.495 e. The van der Waals surface area contributed by atoms with Crippen molar-refractivity contribution in [2.75, 3.05) is 25.2 Å². The highest BCUT2D eigenvalue weighted by Crippen LogP contribution is 2.34. The highest BCUT2D eigenvalue weighted by Gasteiger charge is 2.33. The minimum absolute atomic E-state index is 0.0248. The molecule has 1 N–H and O–H groups in total. The van der Waals surface area contributed by atoms with E-state index in [0.717, 1.165) is 4.90 Å². The quantitative estimate of drug-likeness (QED) is 0.515. The Balaban J connectivity index is 1.71. The number of nitrogens with zero attached hydrogens (tertiary/aromatic N) is 1. The molecule has 3 rings (SSSR count). The summed E-state index contributed by atoms with van der Waals surface area (Å²) in [5.41, 5.74) is 0.0884. The zero-order valence-electron chi connectivity index (χ0n) is 15.6. The van der Waals surface area contributed by atoms with Crippen LogP contribution in [-0.4, -0.2) is 40.5 Å². The maximum atomic E-state index is 12.9. The Labute approximate surface area is 167 Å². The van der Waals surface area contributed by atoms with Crippen molar-refractivity contribution in [3.05, 3.63) is 48.3 Å². The maximum Gasteiger partial charge on any atom is 0.240 e. The molecule has 0 radical (unpaired) electrons. The predicted octanol–water partition coefficient (Wildman–Crippen LogP) is 1.84. The Morgan fingerprint density at radius 3 is 2.34 bits per heavy atom. The SMILES string of the molecule is COc1ccc(S(=O)(=O)NCCOc2ccc(F)cc2)cc1N1C(=O)CCC1=O. The minimum atomic E-state index is -3.93. The van der Waals surface area contributed by atoms with E-state index in [9.17, 15) is 22.4 Å². The van der Waals surface area contributed by atoms with E-state index in [2.05, 4.69) is 4.72 Å². The molecule has 2 aromatic carbocycles. The second-order valence-corrected chi connectivity index (χ2v) is 7.92. The molecule has 29 heavy (non-hydrogen) atoms. The van der Waals surface area contributed by atoms with Gasteiger partial charge in [-0.25, -0.2) is 22.4 Å². The number of anilines is 1. The topological polar surface area (TPSA) is 102 Å². The molecule has 0 spiro atoms. The van der Waals surface area contributed by atoms with Crippen molar-refractivity contribution in [2.45, 2.75) is 17.7 Å². The average molecular weight is 422 g/mol. The molecule has 0 saturated carbocycles. The van der Waals surface area contributed by atoms with E-state index < -0.39 is 27.7 Å². The Kier molecular flexibility index (Phi) is 6.14. The Morgan fingerprint density at radius 1 is 1.07 bits per heavy atom. The summed E-state index contributed by atoms with van der Waals surface area (Å²) in [6.45, 7) is -0.0143. The molecule has 1 saturated heterocycles. The van der Waals surface area contributed by atoms with Crippen molar-refractivity contribution in [2.24, 2.45) is 0 Å². The summed E-state index contributed by atoms with van der Waals surface area (Å²) in [5.74, 6) is -0.606. The number of hydrogen-bond acceptors (Lipinski definition) is 6. The third-order valence-corrected chi connectivity index (χ3v) is 5.69. The molecule has 0 bridgehead atoms. The third-order valence-electron chi connectivity index (χ3n) is 4.23. The zero-order chi connectivity index (χ0) is 21.0. The fourth-order valence-electron chi connectivity index (χ4n) is 2.82. The van der Waals surface area contributed by atoms with Crippen molar-refractivity contribution in [1.29, 1.82) is 0 Å². The monoisotopic (exact) mass is 422 g/mol. The summed E-state index contributed by atoms with van der Waals surface area (Å²) in [6, 6.07) is 9.27. The molecule has 2 aromatic rings. The van der Waals surface area contributed by atoms with E-state index in [-0.39, 0.29) is 42.3 Å². The van der Waals surface area contributed by atoms with Gasteiger partial charge in [-0.3, -0.25) is 9.59 Å². The summed E-state index contributed by atoms with van der Waals surface area (Å²) in [6.07, 6.45) is 0.135. The second kappa shape index (κ2) is 8.58. The molecular weight excluding hydrogens is 403 g/mol. The molecule has 1 heterocycles. The number of benzene rings is 2. The largest absolute Gasteiger partial charge is 0.495 e. The number of carbonyl (C=O) groups is 2. The van der Waals surface area contributed by atoms with E-state index >= 15 is 0 Å². The van der Waals surface area contributed by atoms with Crippen LogP contribution in [0.2, 0.25) is 0 Å². The van der Waals surface area contributed by atoms with Gasteiger partial charge in [0.15, 0.2) is 0 Å². The number of amides is 2. The van der Waals surface area contributed by atoms with Crippen LogP contribution in [-0.2, 0) is 19.6 Å². The van der Waals surface area contributed by atoms with Gasteiger partial charge in [-0.05, 0) is 42.5 Å². The summed E-state index contributed by atoms with van der Waals surface area (Å²) in [4.78, 5) is 24.9. The van der Waals surface area contributed by atoms with E-state index in [0.29, 0.717) is 5.75 Å². The van der Waals surface area contributed by atoms with Crippen molar-refractivity contribution in [3.63, 3.8) is 0 Å². The Bertz CT molecular complexity index is 1010. The van der Waals surface area contributed by atoms with Crippen LogP contribution in [0, 0.1) is 5.82 Å². The normalized spacial score (nSPS) is 14.3. The van der Waals surface area contributed by atoms with Crippen molar-refractivity contribution in [3.8, 4) is 11.5 Å². The lowest BCUT2D eigenvalue weighted by Crippen LogP contribution is -2.30. The number of methoxy groups -OCH3 is 1. The number of carbonyl (C=O) groups excluding carboxylic acids is 2. The molecule has 2 amide bonds. The first-order chi connectivity index (χ1) is 13.8. The summed E-state index contributed by atoms with van der Waals surface area (Å²) >= 11 is 0. The van der Waals surface area contributed by atoms with Gasteiger partial charge in [-0.1, -0.05) is 0 Å². The molecular formula is C19H19FN2O6S. The van der Waals surface area contributed by atoms with Crippen molar-refractivity contribution >= 4 is 27.5 Å². The lowest BCUT2D eigenvalue weighted by Gasteiger charge is -2.18. The Morgan fingerprint density at radius 2 is 1.72 bits per heavy atom. The van der Waals surface area contributed by atoms with Gasteiger partial charge in [-0.15, -0.1) is 0 Å². The van der Waals surface area contributed by atoms with Crippen LogP contribution in [0.25, 0.3) is 0 Å². The first kappa shape index (κ1) is 20.7. The zero-order valence-corrected chi connectivity index (χ0v) is 16.4. The molecule has 1 aliphatic rings. The first-order valence-electron chi connectivity index (χ1n) is 8.73. The number of halogens is 1. The smallest absolute Gasteiger partial charge is 0.240 e. The van der Waals surface area contributed by atoms with Gasteiger partial charge in [-0.2, -0.15) is 0 Å². The number of hydrogen-bond donors (Lipinski definition) is 1. The lowest BCUT2D eigenvalue weighted by atomic mass is 10.2. The van der Waals surface area contributed by atoms with Gasteiger partial charge in [0.1, 0.15) is 23.9 Å². The van der Waals surface area contributed by atoms with Gasteiger partial charge >= 0.3 is 0 Å². The van der Waals surface area contributed by atoms with Crippen LogP contribution in [0.15, 0.2) is 47.4 Å². The summed E-state index contributed by atoms with van der Waals surface area (Å²) < 4.78 is 50.9. The van der Waals surface area contributed by atoms with Crippen LogP contribution in [0.5, 0.6) is 11.5 Å². The lowest BCUT2D eigenvalue weighted by molar-refractivity contribution is -0.121. The van der Waals surface area contributed by atoms with Gasteiger partial charge in [0.2, 0.25) is 21.8 Å². The maximum absolute atomic E-state index is 12.9. The van der Waals surface area contributed by atoms with Crippen LogP contribution >= 0.6 is 0 Å². The van der Waals surface area contributed by atoms with Crippen LogP contribution in [0.1, 0.15) is 12.8 Å². The van der Waals surface area contributed by atoms with Gasteiger partial charge in [0, 0.05) is 19.4 Å². The molecule has 8 nitrogen and oxygen atoms in total. The van der Waals surface area contributed by atoms with Crippen molar-refractivity contribution in [1.82, 2.24) is 4.72 Å². The number of nitrogens with one attached hydrogen (secondary N) is 1. The van der Waals surface area contributed by atoms with Gasteiger partial charge in [0.05, 0.1) is 17.7 Å². The molecule has 0 aliphatic carbocycles. The average Bonchev–Trinajstić information content (AvgIpc) is 3.04. The number of ether oxygens (including phenoxy) is 2. The number of imide groups is 1. The molecule has 154 valence electrons. The standard InChI is InChI=1S/C19H19FN2O6S/c1-27-17-7-6-15(12-16(17)22-18(23)8-9-19(22)24)29(25,26)21-10-11-28-14-4-2-13(20)3-5-14/h2-7,12,21H,8-11H2,1H3. The molecule has 1 aliphatic heterocycles. The summed E-state index contributed by atoms with van der Waals surface area (Å²) in [5, 5.41) is 0. The molecule has 0 unspecified atom stereocenters. The van der Waals surface area contributed by atoms with E-state index in [1.54, 1.807) is 0 Å². The van der Waals surface area contributed by atoms with Crippen molar-refractivity contribution < 1.29 is 31.9 Å². The van der Waals surface area contributed by atoms with Gasteiger partial charge in [0.25, 0.3) is 0 Å². The highest BCUT2D eigenvalue weighted by molar-refractivity contribution is 7.89. The van der Waals surface area contributed by atoms with Crippen LogP contribution in [0.3, 0.4) is 0 Å². The predicted molar refractivity (Wildman–Crippen MR) is 102 cm³/mol. The third kappa shape index (κ3) is 4.72. The summed E-state index contributed by atoms with van der Waals surface area (Å²) in [7, 11) is -2.56. The molecule has 0 atom stereocenters. The first-order valence-corrected chi connectivity index (χ1v) is 10.2. The fraction of sp³-hybridized carbons (Fsp3) is 0.263. The highest BCUT2D eigenvalue weighted by atomic mass is 32.2. The number of rotatable bonds is 8. The number of sulfonamides is 1. The van der Waals surface area contributed by atoms with Gasteiger partial charge < -0.3 is 9.47 Å². The second-order valence-electron chi connectivity index (χ2n) is 6.16. The molecule has 0 aromatic heterocycles. The van der Waals surface area contributed by atoms with E-state index in [4.69, 9.17) is 9.47 Å². The van der Waals surface area contributed by atoms with Crippen LogP contribution < -0.4 is 19.1 Å².